The van der Waals surface area contributed by atoms with Crippen LogP contribution in [0.1, 0.15) is 94.6 Å². The summed E-state index contributed by atoms with van der Waals surface area (Å²) in [4.78, 5) is 11.3. The van der Waals surface area contributed by atoms with Gasteiger partial charge in [-0.3, -0.25) is 0 Å². The van der Waals surface area contributed by atoms with Gasteiger partial charge in [-0.2, -0.15) is 0 Å². The van der Waals surface area contributed by atoms with Crippen LogP contribution in [0.4, 0.5) is 0 Å². The second-order valence-corrected chi connectivity index (χ2v) is 12.8. The molecule has 5 rings (SSSR count). The molecule has 1 fully saturated rings. The first-order chi connectivity index (χ1) is 18.6. The second kappa shape index (κ2) is 10.8. The minimum atomic E-state index is -0.906. The lowest BCUT2D eigenvalue weighted by Gasteiger charge is -2.43. The number of fused-ring (bicyclic) bond motifs is 1. The van der Waals surface area contributed by atoms with Crippen LogP contribution in [-0.2, 0) is 10.8 Å². The quantitative estimate of drug-likeness (QED) is 0.279. The van der Waals surface area contributed by atoms with E-state index in [9.17, 15) is 9.90 Å². The predicted molar refractivity (Wildman–Crippen MR) is 160 cm³/mol. The third-order valence-electron chi connectivity index (χ3n) is 8.81. The molecule has 4 heteroatoms. The largest absolute Gasteiger partial charge is 0.493 e. The van der Waals surface area contributed by atoms with Crippen LogP contribution < -0.4 is 10.1 Å². The van der Waals surface area contributed by atoms with Crippen LogP contribution in [0.25, 0.3) is 22.3 Å². The van der Waals surface area contributed by atoms with Gasteiger partial charge in [-0.15, -0.1) is 0 Å². The fourth-order valence-corrected chi connectivity index (χ4v) is 6.00. The molecule has 0 heterocycles. The summed E-state index contributed by atoms with van der Waals surface area (Å²) in [5.74, 6) is 0.119. The molecule has 2 aliphatic carbocycles. The highest BCUT2D eigenvalue weighted by Crippen LogP contribution is 2.51. The molecule has 0 saturated heterocycles. The molecule has 0 amide bonds. The van der Waals surface area contributed by atoms with Crippen LogP contribution in [-0.4, -0.2) is 29.8 Å². The molecular weight excluding hydrogens is 482 g/mol. The summed E-state index contributed by atoms with van der Waals surface area (Å²) in [6.45, 7) is 12.4. The van der Waals surface area contributed by atoms with E-state index in [0.29, 0.717) is 24.3 Å². The van der Waals surface area contributed by atoms with Gasteiger partial charge < -0.3 is 15.2 Å². The molecule has 0 bridgehead atoms. The summed E-state index contributed by atoms with van der Waals surface area (Å²) in [7, 11) is 0. The molecule has 4 nitrogen and oxygen atoms in total. The number of carboxylic acid groups (broad SMARTS) is 1. The van der Waals surface area contributed by atoms with Crippen LogP contribution in [0.3, 0.4) is 0 Å². The molecule has 206 valence electrons. The highest BCUT2D eigenvalue weighted by Gasteiger charge is 2.40. The van der Waals surface area contributed by atoms with Gasteiger partial charge in [0.15, 0.2) is 0 Å². The lowest BCUT2D eigenvalue weighted by atomic mass is 9.62. The monoisotopic (exact) mass is 525 g/mol. The van der Waals surface area contributed by atoms with E-state index in [1.165, 1.54) is 29.5 Å². The maximum atomic E-state index is 11.3. The zero-order valence-corrected chi connectivity index (χ0v) is 24.1. The molecule has 1 atom stereocenters. The van der Waals surface area contributed by atoms with Crippen molar-refractivity contribution in [1.82, 2.24) is 5.32 Å². The Bertz CT molecular complexity index is 1330. The zero-order valence-electron chi connectivity index (χ0n) is 24.1. The fourth-order valence-electron chi connectivity index (χ4n) is 6.00. The molecular formula is C35H43NO3. The van der Waals surface area contributed by atoms with Crippen molar-refractivity contribution < 1.29 is 14.6 Å². The summed E-state index contributed by atoms with van der Waals surface area (Å²) >= 11 is 0. The first-order valence-corrected chi connectivity index (χ1v) is 14.6. The first-order valence-electron chi connectivity index (χ1n) is 14.6. The van der Waals surface area contributed by atoms with E-state index >= 15 is 0 Å². The lowest BCUT2D eigenvalue weighted by molar-refractivity contribution is 0.0697. The van der Waals surface area contributed by atoms with Gasteiger partial charge in [0.05, 0.1) is 12.2 Å². The normalized spacial score (nSPS) is 18.3. The number of rotatable bonds is 10. The highest BCUT2D eigenvalue weighted by molar-refractivity contribution is 5.88. The summed E-state index contributed by atoms with van der Waals surface area (Å²) in [5.41, 5.74) is 7.58. The van der Waals surface area contributed by atoms with Crippen molar-refractivity contribution >= 4 is 5.97 Å². The van der Waals surface area contributed by atoms with Crippen molar-refractivity contribution in [2.45, 2.75) is 96.1 Å². The van der Waals surface area contributed by atoms with Crippen LogP contribution in [0, 0.1) is 0 Å². The second-order valence-electron chi connectivity index (χ2n) is 12.8. The molecule has 2 aliphatic rings. The number of nitrogens with one attached hydrogen (secondary N) is 1. The number of carbonyl (C=O) groups is 1. The van der Waals surface area contributed by atoms with Gasteiger partial charge in [-0.25, -0.2) is 4.79 Å². The van der Waals surface area contributed by atoms with E-state index in [2.05, 4.69) is 76.3 Å². The van der Waals surface area contributed by atoms with Crippen molar-refractivity contribution in [3.63, 3.8) is 0 Å². The first kappa shape index (κ1) is 27.5. The number of aromatic carboxylic acids is 1. The van der Waals surface area contributed by atoms with Gasteiger partial charge in [0.1, 0.15) is 5.75 Å². The van der Waals surface area contributed by atoms with Crippen molar-refractivity contribution in [1.29, 1.82) is 0 Å². The standard InChI is InChI=1S/C35H43NO3/c1-6-28(36-29-14-15-29)16-19-39-31-22-27(21-30-32(31)35(4,5)18-17-34(30,2)3)26-9-7-8-25(20-26)23-10-12-24(13-11-23)33(37)38/h7-13,20-22,28-29,36H,6,14-19H2,1-5H3,(H,37,38). The Hall–Kier alpha value is -3.11. The molecule has 2 N–H and O–H groups in total. The molecule has 0 spiro atoms. The smallest absolute Gasteiger partial charge is 0.335 e. The summed E-state index contributed by atoms with van der Waals surface area (Å²) in [6, 6.07) is 21.5. The molecule has 39 heavy (non-hydrogen) atoms. The summed E-state index contributed by atoms with van der Waals surface area (Å²) in [5, 5.41) is 13.0. The Balaban J connectivity index is 1.50. The summed E-state index contributed by atoms with van der Waals surface area (Å²) < 4.78 is 6.68. The maximum absolute atomic E-state index is 11.3. The van der Waals surface area contributed by atoms with Gasteiger partial charge in [-0.1, -0.05) is 71.0 Å². The van der Waals surface area contributed by atoms with E-state index < -0.39 is 5.97 Å². The van der Waals surface area contributed by atoms with Gasteiger partial charge in [0.2, 0.25) is 0 Å². The van der Waals surface area contributed by atoms with Crippen LogP contribution in [0.5, 0.6) is 5.75 Å². The van der Waals surface area contributed by atoms with Gasteiger partial charge in [0.25, 0.3) is 0 Å². The van der Waals surface area contributed by atoms with Crippen molar-refractivity contribution in [3.8, 4) is 28.0 Å². The Labute approximate surface area is 233 Å². The highest BCUT2D eigenvalue weighted by atomic mass is 16.5. The molecule has 3 aromatic carbocycles. The maximum Gasteiger partial charge on any atom is 0.335 e. The number of hydrogen-bond donors (Lipinski definition) is 2. The summed E-state index contributed by atoms with van der Waals surface area (Å²) in [6.07, 6.45) is 7.03. The third-order valence-corrected chi connectivity index (χ3v) is 8.81. The zero-order chi connectivity index (χ0) is 27.8. The SMILES string of the molecule is CCC(CCOc1cc(-c2cccc(-c3ccc(C(=O)O)cc3)c2)cc2c1C(C)(C)CCC2(C)C)NC1CC1. The van der Waals surface area contributed by atoms with Crippen molar-refractivity contribution in [2.75, 3.05) is 6.61 Å². The van der Waals surface area contributed by atoms with Gasteiger partial charge in [0, 0.05) is 17.6 Å². The topological polar surface area (TPSA) is 58.6 Å². The lowest BCUT2D eigenvalue weighted by Crippen LogP contribution is -2.35. The van der Waals surface area contributed by atoms with Gasteiger partial charge in [-0.05, 0) is 101 Å². The molecule has 3 aromatic rings. The Morgan fingerprint density at radius 3 is 2.23 bits per heavy atom. The van der Waals surface area contributed by atoms with E-state index in [0.717, 1.165) is 48.1 Å². The van der Waals surface area contributed by atoms with E-state index in [1.54, 1.807) is 12.1 Å². The minimum Gasteiger partial charge on any atom is -0.493 e. The Morgan fingerprint density at radius 1 is 0.923 bits per heavy atom. The Morgan fingerprint density at radius 2 is 1.59 bits per heavy atom. The molecule has 1 saturated carbocycles. The van der Waals surface area contributed by atoms with E-state index in [4.69, 9.17) is 4.74 Å². The van der Waals surface area contributed by atoms with Crippen LogP contribution in [0.15, 0.2) is 60.7 Å². The number of benzene rings is 3. The van der Waals surface area contributed by atoms with E-state index in [1.807, 2.05) is 12.1 Å². The fraction of sp³-hybridized carbons (Fsp3) is 0.457. The van der Waals surface area contributed by atoms with Crippen LogP contribution in [0.2, 0.25) is 0 Å². The molecule has 1 unspecified atom stereocenters. The number of carboxylic acids is 1. The van der Waals surface area contributed by atoms with Gasteiger partial charge >= 0.3 is 5.97 Å². The van der Waals surface area contributed by atoms with E-state index in [-0.39, 0.29) is 10.8 Å². The molecule has 0 aliphatic heterocycles. The number of hydrogen-bond acceptors (Lipinski definition) is 3. The van der Waals surface area contributed by atoms with Crippen molar-refractivity contribution in [3.05, 3.63) is 77.4 Å². The minimum absolute atomic E-state index is 0.0584. The third kappa shape index (κ3) is 6.06. The predicted octanol–water partition coefficient (Wildman–Crippen LogP) is 8.37. The average molecular weight is 526 g/mol. The number of ether oxygens (including phenoxy) is 1. The van der Waals surface area contributed by atoms with Crippen LogP contribution >= 0.6 is 0 Å². The molecule has 0 aromatic heterocycles. The average Bonchev–Trinajstić information content (AvgIpc) is 3.74. The van der Waals surface area contributed by atoms with Crippen molar-refractivity contribution in [2.24, 2.45) is 0 Å². The Kier molecular flexibility index (Phi) is 7.61. The molecule has 0 radical (unpaired) electrons.